The van der Waals surface area contributed by atoms with E-state index in [0.717, 1.165) is 37.7 Å². The van der Waals surface area contributed by atoms with Gasteiger partial charge in [-0.3, -0.25) is 0 Å². The third-order valence-corrected chi connectivity index (χ3v) is 5.16. The van der Waals surface area contributed by atoms with E-state index in [2.05, 4.69) is 11.4 Å². The second-order valence-electron chi connectivity index (χ2n) is 6.46. The van der Waals surface area contributed by atoms with Crippen LogP contribution in [-0.2, 0) is 11.2 Å². The quantitative estimate of drug-likeness (QED) is 0.898. The summed E-state index contributed by atoms with van der Waals surface area (Å²) in [7, 11) is 1.71. The van der Waals surface area contributed by atoms with Crippen LogP contribution in [0.2, 0.25) is 0 Å². The number of methoxy groups -OCH3 is 1. The molecule has 2 amide bonds. The number of rotatable bonds is 3. The molecule has 23 heavy (non-hydrogen) atoms. The molecule has 3 rings (SSSR count). The van der Waals surface area contributed by atoms with Crippen molar-refractivity contribution in [2.75, 3.05) is 20.3 Å². The number of nitrogens with one attached hydrogen (secondary N) is 1. The SMILES string of the molecule is CO[C@@H]1CCCC[C@@H]1NC(=O)N1CCc2ccccc2[C@@H]1CO. The second-order valence-corrected chi connectivity index (χ2v) is 6.46. The van der Waals surface area contributed by atoms with Gasteiger partial charge in [-0.1, -0.05) is 37.1 Å². The molecule has 3 atom stereocenters. The summed E-state index contributed by atoms with van der Waals surface area (Å²) in [6.07, 6.45) is 5.15. The highest BCUT2D eigenvalue weighted by atomic mass is 16.5. The topological polar surface area (TPSA) is 61.8 Å². The number of hydrogen-bond acceptors (Lipinski definition) is 3. The lowest BCUT2D eigenvalue weighted by atomic mass is 9.91. The molecule has 0 bridgehead atoms. The van der Waals surface area contributed by atoms with Gasteiger partial charge in [-0.15, -0.1) is 0 Å². The Bertz CT molecular complexity index is 549. The molecule has 0 saturated heterocycles. The first kappa shape index (κ1) is 16.3. The molecule has 1 heterocycles. The average molecular weight is 318 g/mol. The zero-order valence-electron chi connectivity index (χ0n) is 13.7. The fraction of sp³-hybridized carbons (Fsp3) is 0.611. The van der Waals surface area contributed by atoms with Crippen molar-refractivity contribution in [1.29, 1.82) is 0 Å². The van der Waals surface area contributed by atoms with Gasteiger partial charge in [0.2, 0.25) is 0 Å². The van der Waals surface area contributed by atoms with E-state index in [1.807, 2.05) is 18.2 Å². The van der Waals surface area contributed by atoms with Gasteiger partial charge in [0.05, 0.1) is 24.8 Å². The summed E-state index contributed by atoms with van der Waals surface area (Å²) in [6.45, 7) is 0.585. The maximum Gasteiger partial charge on any atom is 0.318 e. The van der Waals surface area contributed by atoms with Crippen LogP contribution in [0, 0.1) is 0 Å². The molecule has 2 N–H and O–H groups in total. The number of urea groups is 1. The smallest absolute Gasteiger partial charge is 0.318 e. The summed E-state index contributed by atoms with van der Waals surface area (Å²) in [5.74, 6) is 0. The first-order valence-corrected chi connectivity index (χ1v) is 8.53. The minimum atomic E-state index is -0.260. The Balaban J connectivity index is 1.72. The minimum absolute atomic E-state index is 0.0528. The Morgan fingerprint density at radius 2 is 2.13 bits per heavy atom. The van der Waals surface area contributed by atoms with Crippen LogP contribution in [0.1, 0.15) is 42.9 Å². The van der Waals surface area contributed by atoms with Crippen LogP contribution in [0.25, 0.3) is 0 Å². The van der Waals surface area contributed by atoms with Gasteiger partial charge < -0.3 is 20.1 Å². The van der Waals surface area contributed by atoms with Crippen molar-refractivity contribution >= 4 is 6.03 Å². The summed E-state index contributed by atoms with van der Waals surface area (Å²) < 4.78 is 5.52. The minimum Gasteiger partial charge on any atom is -0.394 e. The number of fused-ring (bicyclic) bond motifs is 1. The van der Waals surface area contributed by atoms with Gasteiger partial charge in [0.25, 0.3) is 0 Å². The Kier molecular flexibility index (Phi) is 5.18. The van der Waals surface area contributed by atoms with E-state index >= 15 is 0 Å². The van der Waals surface area contributed by atoms with Crippen LogP contribution in [-0.4, -0.2) is 48.4 Å². The number of aliphatic hydroxyl groups excluding tert-OH is 1. The van der Waals surface area contributed by atoms with Crippen LogP contribution < -0.4 is 5.32 Å². The van der Waals surface area contributed by atoms with Crippen molar-refractivity contribution in [3.63, 3.8) is 0 Å². The zero-order valence-corrected chi connectivity index (χ0v) is 13.7. The van der Waals surface area contributed by atoms with Gasteiger partial charge in [-0.2, -0.15) is 0 Å². The molecule has 5 nitrogen and oxygen atoms in total. The summed E-state index contributed by atoms with van der Waals surface area (Å²) in [5.41, 5.74) is 2.28. The third kappa shape index (κ3) is 3.35. The number of nitrogens with zero attached hydrogens (tertiary/aromatic N) is 1. The van der Waals surface area contributed by atoms with Crippen LogP contribution in [0.5, 0.6) is 0 Å². The average Bonchev–Trinajstić information content (AvgIpc) is 2.61. The molecule has 1 aliphatic heterocycles. The highest BCUT2D eigenvalue weighted by Crippen LogP contribution is 2.30. The molecule has 1 saturated carbocycles. The lowest BCUT2D eigenvalue weighted by Gasteiger charge is -2.39. The van der Waals surface area contributed by atoms with Crippen LogP contribution in [0.4, 0.5) is 4.79 Å². The monoisotopic (exact) mass is 318 g/mol. The fourth-order valence-corrected chi connectivity index (χ4v) is 3.88. The van der Waals surface area contributed by atoms with E-state index < -0.39 is 0 Å². The lowest BCUT2D eigenvalue weighted by Crippen LogP contribution is -2.53. The van der Waals surface area contributed by atoms with Crippen molar-refractivity contribution in [3.8, 4) is 0 Å². The molecule has 1 aliphatic carbocycles. The molecule has 0 spiro atoms. The van der Waals surface area contributed by atoms with Crippen LogP contribution in [0.15, 0.2) is 24.3 Å². The van der Waals surface area contributed by atoms with Crippen molar-refractivity contribution in [1.82, 2.24) is 10.2 Å². The van der Waals surface area contributed by atoms with E-state index in [4.69, 9.17) is 4.74 Å². The predicted octanol–water partition coefficient (Wildman–Crippen LogP) is 2.25. The van der Waals surface area contributed by atoms with Gasteiger partial charge in [-0.05, 0) is 30.4 Å². The standard InChI is InChI=1S/C18H26N2O3/c1-23-17-9-5-4-8-15(17)19-18(22)20-11-10-13-6-2-3-7-14(13)16(20)12-21/h2-3,6-7,15-17,21H,4-5,8-12H2,1H3,(H,19,22)/t15-,16-,17+/m0/s1. The van der Waals surface area contributed by atoms with E-state index in [1.165, 1.54) is 5.56 Å². The Morgan fingerprint density at radius 3 is 2.91 bits per heavy atom. The Morgan fingerprint density at radius 1 is 1.35 bits per heavy atom. The molecule has 0 radical (unpaired) electrons. The molecule has 0 aromatic heterocycles. The molecule has 0 unspecified atom stereocenters. The van der Waals surface area contributed by atoms with Crippen LogP contribution >= 0.6 is 0 Å². The Hall–Kier alpha value is -1.59. The molecule has 1 aromatic rings. The van der Waals surface area contributed by atoms with Crippen molar-refractivity contribution < 1.29 is 14.6 Å². The number of carbonyl (C=O) groups is 1. The summed E-state index contributed by atoms with van der Waals surface area (Å²) in [5, 5.41) is 13.0. The van der Waals surface area contributed by atoms with Crippen LogP contribution in [0.3, 0.4) is 0 Å². The van der Waals surface area contributed by atoms with Gasteiger partial charge in [-0.25, -0.2) is 4.79 Å². The van der Waals surface area contributed by atoms with Crippen molar-refractivity contribution in [3.05, 3.63) is 35.4 Å². The zero-order chi connectivity index (χ0) is 16.2. The Labute approximate surface area is 137 Å². The van der Waals surface area contributed by atoms with Gasteiger partial charge in [0.15, 0.2) is 0 Å². The molecule has 1 aromatic carbocycles. The van der Waals surface area contributed by atoms with Gasteiger partial charge in [0.1, 0.15) is 0 Å². The van der Waals surface area contributed by atoms with E-state index in [0.29, 0.717) is 6.54 Å². The fourth-order valence-electron chi connectivity index (χ4n) is 3.88. The predicted molar refractivity (Wildman–Crippen MR) is 88.3 cm³/mol. The molecular weight excluding hydrogens is 292 g/mol. The lowest BCUT2D eigenvalue weighted by molar-refractivity contribution is 0.0406. The largest absolute Gasteiger partial charge is 0.394 e. The first-order valence-electron chi connectivity index (χ1n) is 8.53. The van der Waals surface area contributed by atoms with Crippen molar-refractivity contribution in [2.24, 2.45) is 0 Å². The van der Waals surface area contributed by atoms with E-state index in [-0.39, 0.29) is 30.8 Å². The summed E-state index contributed by atoms with van der Waals surface area (Å²) in [4.78, 5) is 14.5. The number of hydrogen-bond donors (Lipinski definition) is 2. The number of amides is 2. The second kappa shape index (κ2) is 7.32. The summed E-state index contributed by atoms with van der Waals surface area (Å²) >= 11 is 0. The van der Waals surface area contributed by atoms with Gasteiger partial charge >= 0.3 is 6.03 Å². The van der Waals surface area contributed by atoms with E-state index in [9.17, 15) is 9.90 Å². The highest BCUT2D eigenvalue weighted by Gasteiger charge is 2.33. The molecule has 126 valence electrons. The summed E-state index contributed by atoms with van der Waals surface area (Å²) in [6, 6.07) is 7.78. The third-order valence-electron chi connectivity index (χ3n) is 5.16. The highest BCUT2D eigenvalue weighted by molar-refractivity contribution is 5.75. The normalized spacial score (nSPS) is 27.4. The molecular formula is C18H26N2O3. The molecule has 5 heteroatoms. The number of benzene rings is 1. The number of aliphatic hydroxyl groups is 1. The first-order chi connectivity index (χ1) is 11.2. The maximum atomic E-state index is 12.8. The molecule has 1 fully saturated rings. The number of carbonyl (C=O) groups excluding carboxylic acids is 1. The maximum absolute atomic E-state index is 12.8. The molecule has 2 aliphatic rings. The van der Waals surface area contributed by atoms with Gasteiger partial charge in [0, 0.05) is 13.7 Å². The van der Waals surface area contributed by atoms with E-state index in [1.54, 1.807) is 12.0 Å². The number of ether oxygens (including phenoxy) is 1. The van der Waals surface area contributed by atoms with Crippen molar-refractivity contribution in [2.45, 2.75) is 50.3 Å².